The molecule has 100 valence electrons. The highest BCUT2D eigenvalue weighted by Gasteiger charge is 2.35. The predicted molar refractivity (Wildman–Crippen MR) is 67.7 cm³/mol. The average molecular weight is 253 g/mol. The van der Waals surface area contributed by atoms with Crippen LogP contribution < -0.4 is 0 Å². The number of aromatic hydroxyl groups is 2. The van der Waals surface area contributed by atoms with Crippen LogP contribution in [0.4, 0.5) is 0 Å². The van der Waals surface area contributed by atoms with Gasteiger partial charge in [-0.2, -0.15) is 0 Å². The largest absolute Gasteiger partial charge is 0.508 e. The summed E-state index contributed by atoms with van der Waals surface area (Å²) >= 11 is 0. The first-order valence-corrected chi connectivity index (χ1v) is 5.66. The van der Waals surface area contributed by atoms with Crippen LogP contribution >= 0.6 is 0 Å². The molecular formula is C13H19NO4. The van der Waals surface area contributed by atoms with E-state index in [1.807, 2.05) is 0 Å². The van der Waals surface area contributed by atoms with Gasteiger partial charge in [0.2, 0.25) is 0 Å². The molecule has 1 atom stereocenters. The molecule has 0 fully saturated rings. The first-order chi connectivity index (χ1) is 8.17. The van der Waals surface area contributed by atoms with Crippen LogP contribution in [0.3, 0.4) is 0 Å². The molecule has 5 nitrogen and oxygen atoms in total. The number of carboxylic acids is 1. The Morgan fingerprint density at radius 3 is 2.33 bits per heavy atom. The van der Waals surface area contributed by atoms with Gasteiger partial charge in [-0.1, -0.05) is 6.07 Å². The number of phenolic OH excluding ortho intramolecular Hbond substituents is 2. The lowest BCUT2D eigenvalue weighted by atomic mass is 9.97. The molecule has 1 unspecified atom stereocenters. The molecule has 0 spiro atoms. The summed E-state index contributed by atoms with van der Waals surface area (Å²) in [5, 5.41) is 28.2. The predicted octanol–water partition coefficient (Wildman–Crippen LogP) is 1.95. The molecule has 18 heavy (non-hydrogen) atoms. The second-order valence-electron chi connectivity index (χ2n) is 4.89. The number of carbonyl (C=O) groups is 1. The zero-order valence-corrected chi connectivity index (χ0v) is 11.0. The molecule has 0 aromatic heterocycles. The summed E-state index contributed by atoms with van der Waals surface area (Å²) in [5.41, 5.74) is -0.478. The van der Waals surface area contributed by atoms with Crippen LogP contribution in [0.5, 0.6) is 11.5 Å². The van der Waals surface area contributed by atoms with Gasteiger partial charge in [0.05, 0.1) is 0 Å². The first kappa shape index (κ1) is 14.3. The highest BCUT2D eigenvalue weighted by atomic mass is 16.4. The Balaban J connectivity index is 3.07. The fraction of sp³-hybridized carbons (Fsp3) is 0.462. The molecule has 1 aromatic rings. The highest BCUT2D eigenvalue weighted by Crippen LogP contribution is 2.33. The van der Waals surface area contributed by atoms with Gasteiger partial charge in [0, 0.05) is 17.7 Å². The number of rotatable bonds is 4. The van der Waals surface area contributed by atoms with Crippen molar-refractivity contribution in [1.29, 1.82) is 0 Å². The van der Waals surface area contributed by atoms with Crippen LogP contribution in [0.1, 0.15) is 32.4 Å². The van der Waals surface area contributed by atoms with Crippen molar-refractivity contribution in [3.8, 4) is 11.5 Å². The maximum atomic E-state index is 11.2. The van der Waals surface area contributed by atoms with Crippen molar-refractivity contribution in [3.05, 3.63) is 23.8 Å². The van der Waals surface area contributed by atoms with E-state index in [1.165, 1.54) is 12.1 Å². The third-order valence-corrected chi connectivity index (χ3v) is 3.45. The van der Waals surface area contributed by atoms with Crippen LogP contribution in [0, 0.1) is 0 Å². The molecule has 0 aliphatic heterocycles. The molecule has 0 saturated heterocycles. The van der Waals surface area contributed by atoms with Crippen molar-refractivity contribution in [1.82, 2.24) is 4.90 Å². The van der Waals surface area contributed by atoms with Gasteiger partial charge in [0.1, 0.15) is 17.0 Å². The Morgan fingerprint density at radius 2 is 1.89 bits per heavy atom. The normalized spacial score (nSPS) is 13.6. The molecular weight excluding hydrogens is 234 g/mol. The van der Waals surface area contributed by atoms with E-state index in [0.717, 1.165) is 0 Å². The van der Waals surface area contributed by atoms with Crippen molar-refractivity contribution in [2.24, 2.45) is 0 Å². The minimum Gasteiger partial charge on any atom is -0.508 e. The van der Waals surface area contributed by atoms with E-state index in [-0.39, 0.29) is 17.5 Å². The Labute approximate surface area is 106 Å². The average Bonchev–Trinajstić information content (AvgIpc) is 2.26. The van der Waals surface area contributed by atoms with E-state index in [4.69, 9.17) is 0 Å². The van der Waals surface area contributed by atoms with E-state index in [1.54, 1.807) is 38.8 Å². The van der Waals surface area contributed by atoms with Crippen molar-refractivity contribution in [2.45, 2.75) is 32.4 Å². The minimum absolute atomic E-state index is 0.0244. The van der Waals surface area contributed by atoms with Gasteiger partial charge in [0.15, 0.2) is 0 Å². The van der Waals surface area contributed by atoms with Crippen LogP contribution in [0.15, 0.2) is 18.2 Å². The van der Waals surface area contributed by atoms with Gasteiger partial charge in [-0.05, 0) is 33.9 Å². The molecule has 0 amide bonds. The van der Waals surface area contributed by atoms with Gasteiger partial charge in [-0.3, -0.25) is 9.69 Å². The quantitative estimate of drug-likeness (QED) is 0.764. The second-order valence-corrected chi connectivity index (χ2v) is 4.89. The lowest BCUT2D eigenvalue weighted by Gasteiger charge is -2.36. The summed E-state index contributed by atoms with van der Waals surface area (Å²) in [6, 6.07) is 4.00. The van der Waals surface area contributed by atoms with Crippen LogP contribution in [-0.4, -0.2) is 38.8 Å². The minimum atomic E-state index is -1.05. The number of hydrogen-bond acceptors (Lipinski definition) is 4. The fourth-order valence-electron chi connectivity index (χ4n) is 1.73. The van der Waals surface area contributed by atoms with Crippen molar-refractivity contribution >= 4 is 5.97 Å². The van der Waals surface area contributed by atoms with E-state index in [9.17, 15) is 20.1 Å². The Bertz CT molecular complexity index is 456. The summed E-state index contributed by atoms with van der Waals surface area (Å²) in [7, 11) is 1.69. The summed E-state index contributed by atoms with van der Waals surface area (Å²) in [6.07, 6.45) is 0. The van der Waals surface area contributed by atoms with Crippen LogP contribution in [0.25, 0.3) is 0 Å². The molecule has 0 bridgehead atoms. The number of hydrogen-bond donors (Lipinski definition) is 3. The number of benzene rings is 1. The summed E-state index contributed by atoms with van der Waals surface area (Å²) in [6.45, 7) is 5.00. The molecule has 5 heteroatoms. The smallest absolute Gasteiger partial charge is 0.323 e. The summed E-state index contributed by atoms with van der Waals surface area (Å²) in [4.78, 5) is 12.8. The second kappa shape index (κ2) is 4.86. The Morgan fingerprint density at radius 1 is 1.33 bits per heavy atom. The molecule has 0 radical (unpaired) electrons. The van der Waals surface area contributed by atoms with Crippen LogP contribution in [-0.2, 0) is 4.79 Å². The SMILES string of the molecule is CC(c1ccc(O)cc1O)N(C)C(C)(C)C(=O)O. The van der Waals surface area contributed by atoms with Crippen molar-refractivity contribution in [2.75, 3.05) is 7.05 Å². The Hall–Kier alpha value is -1.75. The first-order valence-electron chi connectivity index (χ1n) is 5.66. The topological polar surface area (TPSA) is 81.0 Å². The van der Waals surface area contributed by atoms with E-state index in [2.05, 4.69) is 0 Å². The molecule has 0 saturated carbocycles. The fourth-order valence-corrected chi connectivity index (χ4v) is 1.73. The van der Waals surface area contributed by atoms with Gasteiger partial charge in [-0.15, -0.1) is 0 Å². The Kier molecular flexibility index (Phi) is 3.86. The molecule has 1 aromatic carbocycles. The van der Waals surface area contributed by atoms with E-state index >= 15 is 0 Å². The third-order valence-electron chi connectivity index (χ3n) is 3.45. The number of aliphatic carboxylic acids is 1. The lowest BCUT2D eigenvalue weighted by Crippen LogP contribution is -2.48. The zero-order valence-electron chi connectivity index (χ0n) is 11.0. The monoisotopic (exact) mass is 253 g/mol. The van der Waals surface area contributed by atoms with Gasteiger partial charge < -0.3 is 15.3 Å². The standard InChI is InChI=1S/C13H19NO4/c1-8(14(4)13(2,3)12(17)18)10-6-5-9(15)7-11(10)16/h5-8,15-16H,1-4H3,(H,17,18). The zero-order chi connectivity index (χ0) is 14.1. The van der Waals surface area contributed by atoms with Crippen molar-refractivity contribution < 1.29 is 20.1 Å². The van der Waals surface area contributed by atoms with Crippen LogP contribution in [0.2, 0.25) is 0 Å². The maximum absolute atomic E-state index is 11.2. The highest BCUT2D eigenvalue weighted by molar-refractivity contribution is 5.77. The molecule has 0 heterocycles. The number of phenols is 2. The number of likely N-dealkylation sites (N-methyl/N-ethyl adjacent to an activating group) is 1. The van der Waals surface area contributed by atoms with Crippen molar-refractivity contribution in [3.63, 3.8) is 0 Å². The number of nitrogens with zero attached hydrogens (tertiary/aromatic N) is 1. The molecule has 0 aliphatic rings. The van der Waals surface area contributed by atoms with Gasteiger partial charge in [0.25, 0.3) is 0 Å². The van der Waals surface area contributed by atoms with Gasteiger partial charge >= 0.3 is 5.97 Å². The molecule has 1 rings (SSSR count). The molecule has 0 aliphatic carbocycles. The summed E-state index contributed by atoms with van der Waals surface area (Å²) < 4.78 is 0. The summed E-state index contributed by atoms with van der Waals surface area (Å²) in [5.74, 6) is -1.01. The lowest BCUT2D eigenvalue weighted by molar-refractivity contribution is -0.149. The van der Waals surface area contributed by atoms with Gasteiger partial charge in [-0.25, -0.2) is 0 Å². The number of carboxylic acid groups (broad SMARTS) is 1. The molecule has 3 N–H and O–H groups in total. The van der Waals surface area contributed by atoms with E-state index in [0.29, 0.717) is 5.56 Å². The maximum Gasteiger partial charge on any atom is 0.323 e. The third kappa shape index (κ3) is 2.56. The van der Waals surface area contributed by atoms with E-state index < -0.39 is 11.5 Å².